The van der Waals surface area contributed by atoms with Gasteiger partial charge in [0, 0.05) is 16.2 Å². The highest BCUT2D eigenvalue weighted by Crippen LogP contribution is 2.28. The van der Waals surface area contributed by atoms with Crippen molar-refractivity contribution >= 4 is 17.3 Å². The van der Waals surface area contributed by atoms with Gasteiger partial charge in [-0.2, -0.15) is 0 Å². The van der Waals surface area contributed by atoms with Gasteiger partial charge >= 0.3 is 5.97 Å². The molecule has 0 bridgehead atoms. The van der Waals surface area contributed by atoms with Crippen molar-refractivity contribution in [3.63, 3.8) is 0 Å². The van der Waals surface area contributed by atoms with Gasteiger partial charge in [-0.3, -0.25) is 0 Å². The highest BCUT2D eigenvalue weighted by Gasteiger charge is 2.24. The second-order valence-electron chi connectivity index (χ2n) is 4.59. The van der Waals surface area contributed by atoms with Gasteiger partial charge in [-0.1, -0.05) is 12.1 Å². The van der Waals surface area contributed by atoms with Crippen molar-refractivity contribution in [2.45, 2.75) is 19.4 Å². The quantitative estimate of drug-likeness (QED) is 0.576. The minimum atomic E-state index is -1.07. The van der Waals surface area contributed by atoms with E-state index in [0.29, 0.717) is 4.88 Å². The summed E-state index contributed by atoms with van der Waals surface area (Å²) in [6, 6.07) is 10.4. The molecule has 2 aromatic rings. The van der Waals surface area contributed by atoms with E-state index in [2.05, 4.69) is 5.18 Å². The fourth-order valence-electron chi connectivity index (χ4n) is 2.01. The molecule has 0 radical (unpaired) electrons. The number of rotatable bonds is 7. The van der Waals surface area contributed by atoms with Crippen LogP contribution < -0.4 is 4.74 Å². The maximum atomic E-state index is 11.7. The highest BCUT2D eigenvalue weighted by atomic mass is 32.1. The van der Waals surface area contributed by atoms with Gasteiger partial charge in [-0.25, -0.2) is 4.79 Å². The maximum Gasteiger partial charge on any atom is 0.340 e. The zero-order chi connectivity index (χ0) is 15.9. The second-order valence-corrected chi connectivity index (χ2v) is 5.79. The largest absolute Gasteiger partial charge is 0.497 e. The molecule has 2 rings (SSSR count). The summed E-state index contributed by atoms with van der Waals surface area (Å²) < 4.78 is 9.99. The number of benzene rings is 1. The van der Waals surface area contributed by atoms with E-state index >= 15 is 0 Å². The van der Waals surface area contributed by atoms with E-state index in [0.717, 1.165) is 22.6 Å². The molecule has 0 fully saturated rings. The van der Waals surface area contributed by atoms with Crippen molar-refractivity contribution < 1.29 is 14.3 Å². The lowest BCUT2D eigenvalue weighted by Crippen LogP contribution is -2.12. The van der Waals surface area contributed by atoms with Crippen molar-refractivity contribution in [1.29, 1.82) is 0 Å². The van der Waals surface area contributed by atoms with Gasteiger partial charge in [-0.05, 0) is 41.9 Å². The van der Waals surface area contributed by atoms with E-state index < -0.39 is 12.0 Å². The number of methoxy groups -OCH3 is 1. The van der Waals surface area contributed by atoms with Crippen molar-refractivity contribution in [3.05, 3.63) is 56.6 Å². The van der Waals surface area contributed by atoms with Crippen LogP contribution in [0.15, 0.2) is 41.6 Å². The third-order valence-corrected chi connectivity index (χ3v) is 4.24. The molecule has 1 aromatic heterocycles. The predicted octanol–water partition coefficient (Wildman–Crippen LogP) is 3.72. The molecule has 6 heteroatoms. The number of thiophene rings is 1. The summed E-state index contributed by atoms with van der Waals surface area (Å²) >= 11 is 1.40. The Balaban J connectivity index is 2.09. The highest BCUT2D eigenvalue weighted by molar-refractivity contribution is 7.12. The van der Waals surface area contributed by atoms with Gasteiger partial charge in [-0.15, -0.1) is 16.2 Å². The Morgan fingerprint density at radius 1 is 1.23 bits per heavy atom. The molecule has 0 saturated heterocycles. The predicted molar refractivity (Wildman–Crippen MR) is 85.3 cm³/mol. The number of hydrogen-bond acceptors (Lipinski definition) is 6. The molecule has 1 heterocycles. The number of nitroso groups, excluding NO2 is 1. The lowest BCUT2D eigenvalue weighted by molar-refractivity contribution is -0.144. The number of carbonyl (C=O) groups is 1. The summed E-state index contributed by atoms with van der Waals surface area (Å²) in [5.74, 6) is 0.207. The third kappa shape index (κ3) is 3.92. The first-order valence-electron chi connectivity index (χ1n) is 6.88. The molecular formula is C16H17NO4S. The molecule has 0 N–H and O–H groups in total. The van der Waals surface area contributed by atoms with Crippen LogP contribution in [0.2, 0.25) is 0 Å². The zero-order valence-corrected chi connectivity index (χ0v) is 13.3. The minimum Gasteiger partial charge on any atom is -0.497 e. The van der Waals surface area contributed by atoms with Gasteiger partial charge in [0.25, 0.3) is 0 Å². The normalized spacial score (nSPS) is 11.7. The molecule has 1 aromatic carbocycles. The topological polar surface area (TPSA) is 65.0 Å². The summed E-state index contributed by atoms with van der Waals surface area (Å²) in [6.45, 7) is 1.93. The molecule has 22 heavy (non-hydrogen) atoms. The third-order valence-electron chi connectivity index (χ3n) is 3.10. The first-order valence-corrected chi connectivity index (χ1v) is 7.70. The Morgan fingerprint density at radius 2 is 1.95 bits per heavy atom. The van der Waals surface area contributed by atoms with Crippen molar-refractivity contribution in [2.24, 2.45) is 5.18 Å². The smallest absolute Gasteiger partial charge is 0.340 e. The Morgan fingerprint density at radius 3 is 2.55 bits per heavy atom. The number of esters is 1. The Labute approximate surface area is 132 Å². The second kappa shape index (κ2) is 7.70. The van der Waals surface area contributed by atoms with Gasteiger partial charge in [0.05, 0.1) is 13.7 Å². The SMILES string of the molecule is CCOC(=O)C(N=O)c1ccc(Cc2ccc(OC)cc2)s1. The Bertz CT molecular complexity index is 636. The van der Waals surface area contributed by atoms with Crippen LogP contribution in [-0.4, -0.2) is 19.7 Å². The summed E-state index contributed by atoms with van der Waals surface area (Å²) in [7, 11) is 1.63. The fraction of sp³-hybridized carbons (Fsp3) is 0.312. The van der Waals surface area contributed by atoms with E-state index in [4.69, 9.17) is 9.47 Å². The molecule has 1 unspecified atom stereocenters. The molecule has 1 atom stereocenters. The maximum absolute atomic E-state index is 11.7. The molecule has 5 nitrogen and oxygen atoms in total. The van der Waals surface area contributed by atoms with Crippen LogP contribution >= 0.6 is 11.3 Å². The van der Waals surface area contributed by atoms with E-state index in [1.54, 1.807) is 20.1 Å². The number of nitrogens with zero attached hydrogens (tertiary/aromatic N) is 1. The summed E-state index contributed by atoms with van der Waals surface area (Å²) in [4.78, 5) is 24.3. The summed E-state index contributed by atoms with van der Waals surface area (Å²) in [6.07, 6.45) is 0.725. The average molecular weight is 319 g/mol. The molecule has 116 valence electrons. The van der Waals surface area contributed by atoms with Gasteiger partial charge in [0.1, 0.15) is 5.75 Å². The number of hydrogen-bond donors (Lipinski definition) is 0. The zero-order valence-electron chi connectivity index (χ0n) is 12.4. The minimum absolute atomic E-state index is 0.231. The van der Waals surface area contributed by atoms with Crippen molar-refractivity contribution in [2.75, 3.05) is 13.7 Å². The average Bonchev–Trinajstić information content (AvgIpc) is 2.97. The molecular weight excluding hydrogens is 302 g/mol. The Kier molecular flexibility index (Phi) is 5.66. The number of carbonyl (C=O) groups excluding carboxylic acids is 1. The molecule has 0 spiro atoms. The summed E-state index contributed by atoms with van der Waals surface area (Å²) in [5, 5.41) is 2.89. The molecule has 0 aliphatic heterocycles. The lowest BCUT2D eigenvalue weighted by atomic mass is 10.1. The van der Waals surface area contributed by atoms with Gasteiger partial charge < -0.3 is 9.47 Å². The van der Waals surface area contributed by atoms with E-state index in [1.807, 2.05) is 30.3 Å². The van der Waals surface area contributed by atoms with Crippen LogP contribution in [0, 0.1) is 4.91 Å². The monoisotopic (exact) mass is 319 g/mol. The van der Waals surface area contributed by atoms with Gasteiger partial charge in [0.15, 0.2) is 0 Å². The lowest BCUT2D eigenvalue weighted by Gasteiger charge is -2.05. The van der Waals surface area contributed by atoms with Gasteiger partial charge in [0.2, 0.25) is 6.04 Å². The molecule has 0 aliphatic carbocycles. The van der Waals surface area contributed by atoms with Crippen molar-refractivity contribution in [1.82, 2.24) is 0 Å². The van der Waals surface area contributed by atoms with Crippen molar-refractivity contribution in [3.8, 4) is 5.75 Å². The van der Waals surface area contributed by atoms with Crippen LogP contribution in [0.1, 0.15) is 28.3 Å². The van der Waals surface area contributed by atoms with Crippen LogP contribution in [-0.2, 0) is 16.0 Å². The first-order chi connectivity index (χ1) is 10.7. The van der Waals surface area contributed by atoms with E-state index in [1.165, 1.54) is 11.3 Å². The Hall–Kier alpha value is -2.21. The fourth-order valence-corrected chi connectivity index (χ4v) is 3.08. The van der Waals surface area contributed by atoms with Crippen LogP contribution in [0.4, 0.5) is 0 Å². The van der Waals surface area contributed by atoms with Crippen LogP contribution in [0.3, 0.4) is 0 Å². The molecule has 0 amide bonds. The summed E-state index contributed by atoms with van der Waals surface area (Å²) in [5.41, 5.74) is 1.13. The molecule has 0 saturated carbocycles. The van der Waals surface area contributed by atoms with Crippen LogP contribution in [0.5, 0.6) is 5.75 Å². The van der Waals surface area contributed by atoms with Crippen LogP contribution in [0.25, 0.3) is 0 Å². The number of ether oxygens (including phenoxy) is 2. The standard InChI is InChI=1S/C16H17NO4S/c1-3-21-16(18)15(17-19)14-9-8-13(22-14)10-11-4-6-12(20-2)7-5-11/h4-9,15H,3,10H2,1-2H3. The van der Waals surface area contributed by atoms with E-state index in [-0.39, 0.29) is 6.61 Å². The van der Waals surface area contributed by atoms with E-state index in [9.17, 15) is 9.70 Å². The first kappa shape index (κ1) is 16.2. The molecule has 0 aliphatic rings.